The highest BCUT2D eigenvalue weighted by Gasteiger charge is 2.24. The summed E-state index contributed by atoms with van der Waals surface area (Å²) in [5, 5.41) is 6.35. The van der Waals surface area contributed by atoms with Gasteiger partial charge in [0, 0.05) is 43.9 Å². The van der Waals surface area contributed by atoms with Crippen LogP contribution in [0.4, 0.5) is 11.4 Å². The topological polar surface area (TPSA) is 73.9 Å². The first-order valence-corrected chi connectivity index (χ1v) is 11.8. The lowest BCUT2D eigenvalue weighted by Gasteiger charge is -2.37. The van der Waals surface area contributed by atoms with Crippen molar-refractivity contribution in [1.29, 1.82) is 0 Å². The predicted octanol–water partition coefficient (Wildman–Crippen LogP) is 4.18. The van der Waals surface area contributed by atoms with Crippen LogP contribution in [0.2, 0.25) is 5.02 Å². The van der Waals surface area contributed by atoms with Crippen molar-refractivity contribution in [3.63, 3.8) is 0 Å². The molecule has 7 nitrogen and oxygen atoms in total. The molecule has 34 heavy (non-hydrogen) atoms. The molecular formula is C25H29ClN4O3S. The number of rotatable bonds is 6. The van der Waals surface area contributed by atoms with Crippen molar-refractivity contribution in [2.24, 2.45) is 5.92 Å². The molecule has 2 aromatic rings. The van der Waals surface area contributed by atoms with Gasteiger partial charge in [-0.05, 0) is 54.2 Å². The second kappa shape index (κ2) is 11.9. The van der Waals surface area contributed by atoms with Crippen molar-refractivity contribution in [1.82, 2.24) is 10.2 Å². The number of nitrogens with one attached hydrogen (secondary N) is 2. The largest absolute Gasteiger partial charge is 0.497 e. The average molecular weight is 501 g/mol. The smallest absolute Gasteiger partial charge is 0.250 e. The fourth-order valence-electron chi connectivity index (χ4n) is 3.58. The Hall–Kier alpha value is -3.10. The van der Waals surface area contributed by atoms with Crippen LogP contribution in [0.25, 0.3) is 6.08 Å². The molecular weight excluding hydrogens is 472 g/mol. The molecule has 1 aliphatic rings. The van der Waals surface area contributed by atoms with Crippen molar-refractivity contribution >= 4 is 58.2 Å². The first-order chi connectivity index (χ1) is 16.3. The number of piperazine rings is 1. The summed E-state index contributed by atoms with van der Waals surface area (Å²) in [6, 6.07) is 12.9. The van der Waals surface area contributed by atoms with Gasteiger partial charge in [-0.25, -0.2) is 0 Å². The summed E-state index contributed by atoms with van der Waals surface area (Å²) in [6.07, 6.45) is 3.10. The first-order valence-electron chi connectivity index (χ1n) is 11.0. The lowest BCUT2D eigenvalue weighted by Crippen LogP contribution is -2.50. The van der Waals surface area contributed by atoms with E-state index in [1.54, 1.807) is 19.3 Å². The fraction of sp³-hybridized carbons (Fsp3) is 0.320. The number of methoxy groups -OCH3 is 1. The maximum absolute atomic E-state index is 12.2. The number of halogens is 1. The molecule has 180 valence electrons. The van der Waals surface area contributed by atoms with E-state index in [0.29, 0.717) is 23.8 Å². The van der Waals surface area contributed by atoms with E-state index in [4.69, 9.17) is 28.6 Å². The molecule has 1 heterocycles. The van der Waals surface area contributed by atoms with E-state index in [2.05, 4.69) is 15.5 Å². The highest BCUT2D eigenvalue weighted by atomic mass is 35.5. The van der Waals surface area contributed by atoms with E-state index in [1.165, 1.54) is 6.08 Å². The Morgan fingerprint density at radius 3 is 2.35 bits per heavy atom. The monoisotopic (exact) mass is 500 g/mol. The van der Waals surface area contributed by atoms with Gasteiger partial charge < -0.3 is 19.9 Å². The Labute approximate surface area is 210 Å². The van der Waals surface area contributed by atoms with Gasteiger partial charge in [0.15, 0.2) is 5.11 Å². The molecule has 0 radical (unpaired) electrons. The van der Waals surface area contributed by atoms with Gasteiger partial charge in [-0.1, -0.05) is 37.6 Å². The summed E-state index contributed by atoms with van der Waals surface area (Å²) in [6.45, 7) is 6.63. The van der Waals surface area contributed by atoms with E-state index in [1.807, 2.05) is 55.1 Å². The Kier molecular flexibility index (Phi) is 8.90. The molecule has 0 spiro atoms. The van der Waals surface area contributed by atoms with Gasteiger partial charge in [0.1, 0.15) is 5.75 Å². The van der Waals surface area contributed by atoms with Crippen LogP contribution in [-0.4, -0.2) is 55.1 Å². The molecule has 2 amide bonds. The van der Waals surface area contributed by atoms with Crippen LogP contribution in [-0.2, 0) is 9.59 Å². The molecule has 1 aliphatic heterocycles. The number of amides is 2. The molecule has 0 saturated carbocycles. The summed E-state index contributed by atoms with van der Waals surface area (Å²) in [4.78, 5) is 28.4. The van der Waals surface area contributed by atoms with Crippen molar-refractivity contribution in [2.75, 3.05) is 43.5 Å². The Balaban J connectivity index is 1.51. The lowest BCUT2D eigenvalue weighted by atomic mass is 10.1. The number of benzene rings is 2. The Morgan fingerprint density at radius 1 is 1.09 bits per heavy atom. The van der Waals surface area contributed by atoms with Gasteiger partial charge in [-0.2, -0.15) is 0 Å². The molecule has 0 bridgehead atoms. The molecule has 3 rings (SSSR count). The molecule has 1 fully saturated rings. The van der Waals surface area contributed by atoms with Gasteiger partial charge in [-0.3, -0.25) is 14.9 Å². The third-order valence-electron chi connectivity index (χ3n) is 5.41. The highest BCUT2D eigenvalue weighted by molar-refractivity contribution is 7.80. The molecule has 9 heteroatoms. The van der Waals surface area contributed by atoms with Crippen molar-refractivity contribution in [2.45, 2.75) is 13.8 Å². The minimum absolute atomic E-state index is 0.00256. The fourth-order valence-corrected chi connectivity index (χ4v) is 4.10. The average Bonchev–Trinajstić information content (AvgIpc) is 2.82. The van der Waals surface area contributed by atoms with Crippen LogP contribution in [0.3, 0.4) is 0 Å². The number of thiocarbonyl (C=S) groups is 1. The maximum Gasteiger partial charge on any atom is 0.250 e. The van der Waals surface area contributed by atoms with Crippen LogP contribution in [0.15, 0.2) is 48.5 Å². The zero-order valence-corrected chi connectivity index (χ0v) is 21.1. The number of carbonyl (C=O) groups excluding carboxylic acids is 2. The van der Waals surface area contributed by atoms with E-state index >= 15 is 0 Å². The Bertz CT molecular complexity index is 1060. The third kappa shape index (κ3) is 6.95. The first kappa shape index (κ1) is 25.5. The van der Waals surface area contributed by atoms with Crippen LogP contribution < -0.4 is 20.3 Å². The minimum atomic E-state index is -0.343. The number of nitrogens with zero attached hydrogens (tertiary/aromatic N) is 2. The van der Waals surface area contributed by atoms with Gasteiger partial charge in [0.25, 0.3) is 0 Å². The van der Waals surface area contributed by atoms with Gasteiger partial charge in [-0.15, -0.1) is 0 Å². The quantitative estimate of drug-likeness (QED) is 0.458. The van der Waals surface area contributed by atoms with Gasteiger partial charge in [0.2, 0.25) is 11.8 Å². The van der Waals surface area contributed by atoms with Gasteiger partial charge >= 0.3 is 0 Å². The number of hydrogen-bond donors (Lipinski definition) is 2. The maximum atomic E-state index is 12.2. The van der Waals surface area contributed by atoms with Crippen molar-refractivity contribution in [3.05, 3.63) is 59.1 Å². The van der Waals surface area contributed by atoms with Crippen molar-refractivity contribution in [3.8, 4) is 5.75 Å². The molecule has 0 aromatic heterocycles. The van der Waals surface area contributed by atoms with Crippen LogP contribution >= 0.6 is 23.8 Å². The number of ether oxygens (including phenoxy) is 1. The van der Waals surface area contributed by atoms with Crippen LogP contribution in [0.5, 0.6) is 5.75 Å². The minimum Gasteiger partial charge on any atom is -0.497 e. The lowest BCUT2D eigenvalue weighted by molar-refractivity contribution is -0.134. The molecule has 2 N–H and O–H groups in total. The van der Waals surface area contributed by atoms with Crippen LogP contribution in [0.1, 0.15) is 19.4 Å². The summed E-state index contributed by atoms with van der Waals surface area (Å²) >= 11 is 11.8. The molecule has 0 atom stereocenters. The summed E-state index contributed by atoms with van der Waals surface area (Å²) < 4.78 is 5.12. The Morgan fingerprint density at radius 2 is 1.76 bits per heavy atom. The van der Waals surface area contributed by atoms with E-state index in [-0.39, 0.29) is 22.8 Å². The molecule has 2 aromatic carbocycles. The summed E-state index contributed by atoms with van der Waals surface area (Å²) in [5.74, 6) is 0.590. The number of carbonyl (C=O) groups is 2. The molecule has 0 aliphatic carbocycles. The zero-order chi connectivity index (χ0) is 24.7. The third-order valence-corrected chi connectivity index (χ3v) is 5.92. The predicted molar refractivity (Wildman–Crippen MR) is 141 cm³/mol. The zero-order valence-electron chi connectivity index (χ0n) is 19.5. The number of hydrogen-bond acceptors (Lipinski definition) is 5. The summed E-state index contributed by atoms with van der Waals surface area (Å²) in [5.41, 5.74) is 2.44. The van der Waals surface area contributed by atoms with Gasteiger partial charge in [0.05, 0.1) is 17.8 Å². The molecule has 1 saturated heterocycles. The van der Waals surface area contributed by atoms with E-state index < -0.39 is 0 Å². The molecule has 0 unspecified atom stereocenters. The number of anilines is 2. The van der Waals surface area contributed by atoms with Crippen LogP contribution in [0, 0.1) is 5.92 Å². The second-order valence-electron chi connectivity index (χ2n) is 8.18. The van der Waals surface area contributed by atoms with E-state index in [0.717, 1.165) is 30.1 Å². The summed E-state index contributed by atoms with van der Waals surface area (Å²) in [7, 11) is 1.60. The van der Waals surface area contributed by atoms with E-state index in [9.17, 15) is 9.59 Å². The SMILES string of the molecule is COc1ccc(/C=C/C(=O)NC(=S)Nc2ccc(N3CCN(C(=O)C(C)C)CC3)c(Cl)c2)cc1. The standard InChI is InChI=1S/C25H29ClN4O3S/c1-17(2)24(32)30-14-12-29(13-15-30)22-10-7-19(16-21(22)26)27-25(34)28-23(31)11-6-18-4-8-20(33-3)9-5-18/h4-11,16-17H,12-15H2,1-3H3,(H2,27,28,31,34)/b11-6+. The highest BCUT2D eigenvalue weighted by Crippen LogP contribution is 2.30. The second-order valence-corrected chi connectivity index (χ2v) is 9.00. The van der Waals surface area contributed by atoms with Crippen molar-refractivity contribution < 1.29 is 14.3 Å². The normalized spacial score (nSPS) is 13.8.